The van der Waals surface area contributed by atoms with Crippen LogP contribution in [-0.4, -0.2) is 8.07 Å². The zero-order chi connectivity index (χ0) is 9.45. The smallest absolute Gasteiger partial charge is 0.129 e. The summed E-state index contributed by atoms with van der Waals surface area (Å²) in [6.45, 7) is 6.79. The molecule has 0 aromatic rings. The van der Waals surface area contributed by atoms with Gasteiger partial charge in [-0.15, -0.1) is 11.5 Å². The SMILES string of the molecule is C[Si](C)(C)C#CCCCC#CBr. The van der Waals surface area contributed by atoms with Crippen LogP contribution in [0.5, 0.6) is 0 Å². The average Bonchev–Trinajstić information content (AvgIpc) is 1.94. The molecule has 2 heteroatoms. The number of halogens is 1. The first kappa shape index (κ1) is 11.8. The molecule has 0 nitrogen and oxygen atoms in total. The number of hydrogen-bond acceptors (Lipinski definition) is 0. The van der Waals surface area contributed by atoms with Crippen LogP contribution >= 0.6 is 15.9 Å². The van der Waals surface area contributed by atoms with Crippen LogP contribution in [-0.2, 0) is 0 Å². The molecule has 0 fully saturated rings. The van der Waals surface area contributed by atoms with E-state index in [1.165, 1.54) is 0 Å². The third-order valence-corrected chi connectivity index (χ3v) is 2.34. The quantitative estimate of drug-likeness (QED) is 0.396. The van der Waals surface area contributed by atoms with Crippen molar-refractivity contribution in [2.45, 2.75) is 38.9 Å². The van der Waals surface area contributed by atoms with Crippen LogP contribution in [0.2, 0.25) is 19.6 Å². The van der Waals surface area contributed by atoms with E-state index < -0.39 is 8.07 Å². The average molecular weight is 243 g/mol. The molecule has 0 aliphatic heterocycles. The summed E-state index contributed by atoms with van der Waals surface area (Å²) in [4.78, 5) is 2.70. The van der Waals surface area contributed by atoms with Crippen molar-refractivity contribution in [2.24, 2.45) is 0 Å². The maximum Gasteiger partial charge on any atom is 0.129 e. The Bertz CT molecular complexity index is 229. The first-order valence-electron chi connectivity index (χ1n) is 4.15. The maximum absolute atomic E-state index is 3.33. The van der Waals surface area contributed by atoms with E-state index >= 15 is 0 Å². The van der Waals surface area contributed by atoms with Gasteiger partial charge in [-0.1, -0.05) is 25.6 Å². The van der Waals surface area contributed by atoms with Crippen molar-refractivity contribution in [2.75, 3.05) is 0 Å². The molecule has 0 radical (unpaired) electrons. The minimum absolute atomic E-state index is 0.950. The summed E-state index contributed by atoms with van der Waals surface area (Å²) in [6, 6.07) is 0. The van der Waals surface area contributed by atoms with Gasteiger partial charge in [-0.05, 0) is 11.3 Å². The van der Waals surface area contributed by atoms with Gasteiger partial charge in [0.2, 0.25) is 0 Å². The van der Waals surface area contributed by atoms with Crippen LogP contribution in [0.25, 0.3) is 0 Å². The Morgan fingerprint density at radius 1 is 1.08 bits per heavy atom. The normalized spacial score (nSPS) is 9.33. The summed E-state index contributed by atoms with van der Waals surface area (Å²) >= 11 is 3.06. The van der Waals surface area contributed by atoms with E-state index in [0.717, 1.165) is 19.3 Å². The van der Waals surface area contributed by atoms with Gasteiger partial charge >= 0.3 is 0 Å². The van der Waals surface area contributed by atoms with E-state index in [1.54, 1.807) is 0 Å². The number of unbranched alkanes of at least 4 members (excludes halogenated alkanes) is 2. The van der Waals surface area contributed by atoms with Crippen molar-refractivity contribution in [1.29, 1.82) is 0 Å². The molecule has 0 N–H and O–H groups in total. The molecule has 0 amide bonds. The summed E-state index contributed by atoms with van der Waals surface area (Å²) in [6.07, 6.45) is 3.04. The molecule has 0 spiro atoms. The van der Waals surface area contributed by atoms with Crippen molar-refractivity contribution in [3.63, 3.8) is 0 Å². The molecule has 0 aromatic heterocycles. The Hall–Kier alpha value is -0.183. The first-order valence-corrected chi connectivity index (χ1v) is 8.44. The van der Waals surface area contributed by atoms with Gasteiger partial charge < -0.3 is 0 Å². The van der Waals surface area contributed by atoms with Gasteiger partial charge in [0.15, 0.2) is 0 Å². The van der Waals surface area contributed by atoms with Crippen LogP contribution in [0.3, 0.4) is 0 Å². The number of hydrogen-bond donors (Lipinski definition) is 0. The Kier molecular flexibility index (Phi) is 6.25. The molecule has 0 aromatic carbocycles. The lowest BCUT2D eigenvalue weighted by molar-refractivity contribution is 0.904. The van der Waals surface area contributed by atoms with Crippen molar-refractivity contribution in [3.8, 4) is 22.2 Å². The fourth-order valence-corrected chi connectivity index (χ4v) is 1.49. The van der Waals surface area contributed by atoms with Crippen LogP contribution in [0.15, 0.2) is 0 Å². The van der Waals surface area contributed by atoms with Gasteiger partial charge in [-0.25, -0.2) is 0 Å². The molecule has 12 heavy (non-hydrogen) atoms. The van der Waals surface area contributed by atoms with E-state index in [4.69, 9.17) is 0 Å². The molecular weight excluding hydrogens is 228 g/mol. The lowest BCUT2D eigenvalue weighted by Crippen LogP contribution is -2.16. The van der Waals surface area contributed by atoms with Crippen LogP contribution in [0.4, 0.5) is 0 Å². The topological polar surface area (TPSA) is 0 Å². The molecule has 0 atom stereocenters. The molecule has 0 aliphatic carbocycles. The monoisotopic (exact) mass is 242 g/mol. The van der Waals surface area contributed by atoms with E-state index in [2.05, 4.69) is 57.8 Å². The molecule has 0 saturated heterocycles. The largest absolute Gasteiger partial charge is 0.132 e. The molecule has 66 valence electrons. The predicted molar refractivity (Wildman–Crippen MR) is 61.7 cm³/mol. The molecule has 0 bridgehead atoms. The Labute approximate surface area is 85.3 Å². The summed E-state index contributed by atoms with van der Waals surface area (Å²) in [5, 5.41) is 0. The van der Waals surface area contributed by atoms with E-state index in [9.17, 15) is 0 Å². The molecule has 0 rings (SSSR count). The van der Waals surface area contributed by atoms with E-state index in [0.29, 0.717) is 0 Å². The Morgan fingerprint density at radius 3 is 2.17 bits per heavy atom. The van der Waals surface area contributed by atoms with Gasteiger partial charge in [0.05, 0.1) is 0 Å². The maximum atomic E-state index is 3.33. The summed E-state index contributed by atoms with van der Waals surface area (Å²) < 4.78 is 0. The minimum atomic E-state index is -1.13. The summed E-state index contributed by atoms with van der Waals surface area (Å²) in [5.41, 5.74) is 3.33. The lowest BCUT2D eigenvalue weighted by Gasteiger charge is -2.02. The Morgan fingerprint density at radius 2 is 1.67 bits per heavy atom. The van der Waals surface area contributed by atoms with Crippen LogP contribution < -0.4 is 0 Å². The highest BCUT2D eigenvalue weighted by atomic mass is 79.9. The highest BCUT2D eigenvalue weighted by Gasteiger charge is 2.06. The lowest BCUT2D eigenvalue weighted by atomic mass is 10.2. The zero-order valence-electron chi connectivity index (χ0n) is 8.00. The van der Waals surface area contributed by atoms with Crippen molar-refractivity contribution in [3.05, 3.63) is 0 Å². The second-order valence-corrected chi connectivity index (χ2v) is 8.82. The van der Waals surface area contributed by atoms with Crippen molar-refractivity contribution < 1.29 is 0 Å². The van der Waals surface area contributed by atoms with Gasteiger partial charge in [-0.3, -0.25) is 0 Å². The highest BCUT2D eigenvalue weighted by Crippen LogP contribution is 1.98. The molecule has 0 aliphatic rings. The fourth-order valence-electron chi connectivity index (χ4n) is 0.640. The summed E-state index contributed by atoms with van der Waals surface area (Å²) in [7, 11) is -1.13. The van der Waals surface area contributed by atoms with Gasteiger partial charge in [0.1, 0.15) is 8.07 Å². The molecule has 0 unspecified atom stereocenters. The molecule has 0 saturated carbocycles. The first-order chi connectivity index (χ1) is 5.56. The second kappa shape index (κ2) is 6.35. The van der Waals surface area contributed by atoms with Crippen LogP contribution in [0.1, 0.15) is 19.3 Å². The predicted octanol–water partition coefficient (Wildman–Crippen LogP) is 3.39. The van der Waals surface area contributed by atoms with E-state index in [-0.39, 0.29) is 0 Å². The van der Waals surface area contributed by atoms with Crippen LogP contribution in [0, 0.1) is 22.2 Å². The van der Waals surface area contributed by atoms with E-state index in [1.807, 2.05) is 0 Å². The van der Waals surface area contributed by atoms with Gasteiger partial charge in [0.25, 0.3) is 0 Å². The molecule has 0 heterocycles. The summed E-state index contributed by atoms with van der Waals surface area (Å²) in [5.74, 6) is 6.17. The number of rotatable bonds is 2. The minimum Gasteiger partial charge on any atom is -0.132 e. The van der Waals surface area contributed by atoms with Gasteiger partial charge in [-0.2, -0.15) is 0 Å². The third kappa shape index (κ3) is 9.82. The second-order valence-electron chi connectivity index (χ2n) is 3.68. The highest BCUT2D eigenvalue weighted by molar-refractivity contribution is 9.12. The van der Waals surface area contributed by atoms with Crippen molar-refractivity contribution in [1.82, 2.24) is 0 Å². The zero-order valence-corrected chi connectivity index (χ0v) is 10.6. The Balaban J connectivity index is 3.51. The van der Waals surface area contributed by atoms with Gasteiger partial charge in [0, 0.05) is 28.8 Å². The fraction of sp³-hybridized carbons (Fsp3) is 0.600. The third-order valence-electron chi connectivity index (χ3n) is 1.13. The molecular formula is C10H15BrSi. The standard InChI is InChI=1S/C10H15BrSi/c1-12(2,3)10-8-6-4-5-7-9-11/h4-6H2,1-3H3. The van der Waals surface area contributed by atoms with Crippen molar-refractivity contribution >= 4 is 24.0 Å².